The fourth-order valence-corrected chi connectivity index (χ4v) is 2.79. The highest BCUT2D eigenvalue weighted by atomic mass is 16.6. The summed E-state index contributed by atoms with van der Waals surface area (Å²) in [6.07, 6.45) is 0. The zero-order valence-corrected chi connectivity index (χ0v) is 11.9. The van der Waals surface area contributed by atoms with Crippen LogP contribution in [0.1, 0.15) is 22.3 Å². The maximum atomic E-state index is 9.67. The molecule has 3 nitrogen and oxygen atoms in total. The van der Waals surface area contributed by atoms with Gasteiger partial charge in [0.25, 0.3) is 0 Å². The summed E-state index contributed by atoms with van der Waals surface area (Å²) in [5.74, 6) is 0. The van der Waals surface area contributed by atoms with Crippen LogP contribution in [0.5, 0.6) is 0 Å². The van der Waals surface area contributed by atoms with Gasteiger partial charge in [0.1, 0.15) is 12.1 Å². The van der Waals surface area contributed by atoms with Crippen molar-refractivity contribution in [3.8, 4) is 12.1 Å². The molecule has 1 aliphatic heterocycles. The van der Waals surface area contributed by atoms with Crippen molar-refractivity contribution >= 4 is 0 Å². The van der Waals surface area contributed by atoms with Crippen molar-refractivity contribution in [3.05, 3.63) is 70.8 Å². The van der Waals surface area contributed by atoms with Crippen LogP contribution in [0, 0.1) is 36.5 Å². The number of rotatable bonds is 2. The molecular formula is C18H14N2O. The topological polar surface area (TPSA) is 60.1 Å². The number of hydrogen-bond acceptors (Lipinski definition) is 3. The Kier molecular flexibility index (Phi) is 2.83. The van der Waals surface area contributed by atoms with Crippen molar-refractivity contribution in [2.45, 2.75) is 25.0 Å². The standard InChI is InChI=1S/C18H14N2O/c1-13-5-3-7-15(9-13)17(11-19)18(12-20,21-17)16-8-4-6-14(2)10-16/h3-10H,1-2H3. The van der Waals surface area contributed by atoms with Gasteiger partial charge in [-0.1, -0.05) is 59.7 Å². The smallest absolute Gasteiger partial charge is 0.228 e. The van der Waals surface area contributed by atoms with E-state index in [1.165, 1.54) is 0 Å². The predicted octanol–water partition coefficient (Wildman–Crippen LogP) is 3.47. The highest BCUT2D eigenvalue weighted by molar-refractivity contribution is 5.53. The summed E-state index contributed by atoms with van der Waals surface area (Å²) in [5, 5.41) is 19.3. The summed E-state index contributed by atoms with van der Waals surface area (Å²) in [6.45, 7) is 3.91. The first-order valence-electron chi connectivity index (χ1n) is 6.75. The number of hydrogen-bond donors (Lipinski definition) is 0. The minimum absolute atomic E-state index is 0.730. The number of benzene rings is 2. The van der Waals surface area contributed by atoms with Gasteiger partial charge in [-0.15, -0.1) is 0 Å². The average molecular weight is 274 g/mol. The zero-order valence-electron chi connectivity index (χ0n) is 11.9. The van der Waals surface area contributed by atoms with E-state index in [1.54, 1.807) is 0 Å². The van der Waals surface area contributed by atoms with Gasteiger partial charge in [-0.05, 0) is 13.8 Å². The van der Waals surface area contributed by atoms with Gasteiger partial charge in [0.05, 0.1) is 0 Å². The van der Waals surface area contributed by atoms with Crippen LogP contribution in [-0.2, 0) is 15.9 Å². The first kappa shape index (κ1) is 13.4. The largest absolute Gasteiger partial charge is 0.321 e. The summed E-state index contributed by atoms with van der Waals surface area (Å²) >= 11 is 0. The molecule has 0 aliphatic carbocycles. The molecule has 1 fully saturated rings. The molecule has 2 aromatic rings. The van der Waals surface area contributed by atoms with Crippen molar-refractivity contribution in [3.63, 3.8) is 0 Å². The van der Waals surface area contributed by atoms with Crippen LogP contribution in [0.4, 0.5) is 0 Å². The predicted molar refractivity (Wildman–Crippen MR) is 78.0 cm³/mol. The lowest BCUT2D eigenvalue weighted by atomic mass is 9.82. The van der Waals surface area contributed by atoms with Crippen LogP contribution in [0.2, 0.25) is 0 Å². The maximum Gasteiger partial charge on any atom is 0.228 e. The van der Waals surface area contributed by atoms with Crippen molar-refractivity contribution in [1.82, 2.24) is 0 Å². The minimum Gasteiger partial charge on any atom is -0.321 e. The Bertz CT molecular complexity index is 732. The van der Waals surface area contributed by atoms with Gasteiger partial charge in [0.2, 0.25) is 11.2 Å². The molecular weight excluding hydrogens is 260 g/mol. The van der Waals surface area contributed by atoms with E-state index < -0.39 is 11.2 Å². The van der Waals surface area contributed by atoms with Crippen molar-refractivity contribution in [2.75, 3.05) is 0 Å². The van der Waals surface area contributed by atoms with Crippen molar-refractivity contribution < 1.29 is 4.74 Å². The van der Waals surface area contributed by atoms with E-state index in [-0.39, 0.29) is 0 Å². The molecule has 0 amide bonds. The second-order valence-corrected chi connectivity index (χ2v) is 5.43. The van der Waals surface area contributed by atoms with E-state index >= 15 is 0 Å². The molecule has 0 radical (unpaired) electrons. The van der Waals surface area contributed by atoms with Crippen molar-refractivity contribution in [1.29, 1.82) is 10.5 Å². The van der Waals surface area contributed by atoms with Crippen molar-refractivity contribution in [2.24, 2.45) is 0 Å². The normalized spacial score (nSPS) is 26.7. The molecule has 2 atom stereocenters. The lowest BCUT2D eigenvalue weighted by Gasteiger charge is -2.10. The van der Waals surface area contributed by atoms with Crippen LogP contribution < -0.4 is 0 Å². The molecule has 102 valence electrons. The number of epoxide rings is 1. The zero-order chi connectivity index (χ0) is 15.1. The summed E-state index contributed by atoms with van der Waals surface area (Å²) in [6, 6.07) is 19.6. The molecule has 0 aromatic heterocycles. The SMILES string of the molecule is Cc1cccc(C2(C#N)OC2(C#N)c2cccc(C)c2)c1. The first-order chi connectivity index (χ1) is 10.1. The van der Waals surface area contributed by atoms with Gasteiger partial charge in [0.15, 0.2) is 0 Å². The van der Waals surface area contributed by atoms with Crippen LogP contribution in [0.15, 0.2) is 48.5 Å². The first-order valence-corrected chi connectivity index (χ1v) is 6.75. The highest BCUT2D eigenvalue weighted by Gasteiger charge is 2.74. The quantitative estimate of drug-likeness (QED) is 0.788. The Labute approximate surface area is 124 Å². The Morgan fingerprint density at radius 3 is 1.57 bits per heavy atom. The molecule has 0 saturated carbocycles. The molecule has 21 heavy (non-hydrogen) atoms. The van der Waals surface area contributed by atoms with Gasteiger partial charge >= 0.3 is 0 Å². The number of nitriles is 2. The van der Waals surface area contributed by atoms with Crippen LogP contribution >= 0.6 is 0 Å². The van der Waals surface area contributed by atoms with E-state index in [1.807, 2.05) is 62.4 Å². The second-order valence-electron chi connectivity index (χ2n) is 5.43. The summed E-state index contributed by atoms with van der Waals surface area (Å²) in [5.41, 5.74) is 1.09. The molecule has 3 heteroatoms. The van der Waals surface area contributed by atoms with Crippen LogP contribution in [-0.4, -0.2) is 0 Å². The van der Waals surface area contributed by atoms with E-state index in [0.29, 0.717) is 0 Å². The molecule has 0 bridgehead atoms. The molecule has 0 N–H and O–H groups in total. The number of ether oxygens (including phenoxy) is 1. The monoisotopic (exact) mass is 274 g/mol. The molecule has 0 spiro atoms. The third-order valence-electron chi connectivity index (χ3n) is 3.92. The van der Waals surface area contributed by atoms with Gasteiger partial charge < -0.3 is 4.74 Å². The highest BCUT2D eigenvalue weighted by Crippen LogP contribution is 2.61. The van der Waals surface area contributed by atoms with E-state index in [9.17, 15) is 10.5 Å². The average Bonchev–Trinajstić information content (AvgIpc) is 3.18. The summed E-state index contributed by atoms with van der Waals surface area (Å²) in [7, 11) is 0. The molecule has 1 heterocycles. The van der Waals surface area contributed by atoms with Gasteiger partial charge in [0, 0.05) is 11.1 Å². The molecule has 1 saturated heterocycles. The van der Waals surface area contributed by atoms with Gasteiger partial charge in [-0.3, -0.25) is 0 Å². The third kappa shape index (κ3) is 1.76. The van der Waals surface area contributed by atoms with Crippen LogP contribution in [0.25, 0.3) is 0 Å². The molecule has 2 unspecified atom stereocenters. The van der Waals surface area contributed by atoms with Gasteiger partial charge in [-0.2, -0.15) is 10.5 Å². The lowest BCUT2D eigenvalue weighted by molar-refractivity contribution is 0.314. The Morgan fingerprint density at radius 1 is 0.810 bits per heavy atom. The van der Waals surface area contributed by atoms with E-state index in [2.05, 4.69) is 12.1 Å². The number of aryl methyl sites for hydroxylation is 2. The lowest BCUT2D eigenvalue weighted by Crippen LogP contribution is -2.19. The third-order valence-corrected chi connectivity index (χ3v) is 3.92. The van der Waals surface area contributed by atoms with E-state index in [0.717, 1.165) is 22.3 Å². The Balaban J connectivity index is 2.16. The maximum absolute atomic E-state index is 9.67. The fourth-order valence-electron chi connectivity index (χ4n) is 2.79. The summed E-state index contributed by atoms with van der Waals surface area (Å²) in [4.78, 5) is 0. The van der Waals surface area contributed by atoms with E-state index in [4.69, 9.17) is 4.74 Å². The molecule has 1 aliphatic rings. The fraction of sp³-hybridized carbons (Fsp3) is 0.222. The van der Waals surface area contributed by atoms with Crippen LogP contribution in [0.3, 0.4) is 0 Å². The Hall–Kier alpha value is -2.62. The molecule has 2 aromatic carbocycles. The second kappa shape index (κ2) is 4.45. The number of nitrogens with zero attached hydrogens (tertiary/aromatic N) is 2. The molecule has 3 rings (SSSR count). The minimum atomic E-state index is -1.22. The summed E-state index contributed by atoms with van der Waals surface area (Å²) < 4.78 is 5.75. The van der Waals surface area contributed by atoms with Gasteiger partial charge in [-0.25, -0.2) is 0 Å². The Morgan fingerprint density at radius 2 is 1.24 bits per heavy atom.